The van der Waals surface area contributed by atoms with Crippen molar-refractivity contribution in [3.8, 4) is 0 Å². The lowest BCUT2D eigenvalue weighted by atomic mass is 9.67. The number of nitrogens with one attached hydrogen (secondary N) is 2. The molecule has 1 aromatic rings. The van der Waals surface area contributed by atoms with Crippen LogP contribution in [0.4, 0.5) is 5.69 Å². The molecule has 28 heavy (non-hydrogen) atoms. The summed E-state index contributed by atoms with van der Waals surface area (Å²) >= 11 is 0. The van der Waals surface area contributed by atoms with Gasteiger partial charge in [-0.25, -0.2) is 0 Å². The van der Waals surface area contributed by atoms with E-state index in [1.54, 1.807) is 0 Å². The van der Waals surface area contributed by atoms with Gasteiger partial charge in [0.2, 0.25) is 5.91 Å². The molecule has 2 amide bonds. The van der Waals surface area contributed by atoms with Gasteiger partial charge in [-0.1, -0.05) is 12.8 Å². The number of hydrogen-bond acceptors (Lipinski definition) is 3. The van der Waals surface area contributed by atoms with Crippen LogP contribution in [0, 0.1) is 18.3 Å². The molecule has 5 nitrogen and oxygen atoms in total. The first-order valence-electron chi connectivity index (χ1n) is 10.9. The van der Waals surface area contributed by atoms with E-state index in [-0.39, 0.29) is 17.2 Å². The minimum absolute atomic E-state index is 0.110. The number of likely N-dealkylation sites (tertiary alicyclic amines) is 1. The Bertz CT molecular complexity index is 762. The van der Waals surface area contributed by atoms with E-state index in [2.05, 4.69) is 17.6 Å². The summed E-state index contributed by atoms with van der Waals surface area (Å²) in [6.07, 6.45) is 7.83. The normalized spacial score (nSPS) is 30.0. The van der Waals surface area contributed by atoms with Gasteiger partial charge in [-0.05, 0) is 82.2 Å². The van der Waals surface area contributed by atoms with Crippen LogP contribution in [0.15, 0.2) is 18.2 Å². The van der Waals surface area contributed by atoms with Crippen molar-refractivity contribution in [1.29, 1.82) is 0 Å². The molecule has 2 saturated heterocycles. The van der Waals surface area contributed by atoms with Gasteiger partial charge in [0.1, 0.15) is 0 Å². The fourth-order valence-corrected chi connectivity index (χ4v) is 5.44. The zero-order chi connectivity index (χ0) is 19.7. The van der Waals surface area contributed by atoms with Gasteiger partial charge in [0, 0.05) is 30.4 Å². The third-order valence-corrected chi connectivity index (χ3v) is 7.28. The smallest absolute Gasteiger partial charge is 0.254 e. The van der Waals surface area contributed by atoms with E-state index < -0.39 is 0 Å². The predicted molar refractivity (Wildman–Crippen MR) is 111 cm³/mol. The first-order chi connectivity index (χ1) is 13.5. The lowest BCUT2D eigenvalue weighted by Gasteiger charge is -2.37. The highest BCUT2D eigenvalue weighted by molar-refractivity contribution is 5.99. The standard InChI is InChI=1S/C23H33N3O2/c1-16-13-18(21(27)26-12-6-4-7-17(26)2)9-10-20(16)25-22(28)23-11-5-3-8-19(23)14-24-15-23/h9-10,13,17,19,24H,3-8,11-12,14-15H2,1-2H3,(H,25,28)/t17?,19-,23+/m0/s1. The second-order valence-corrected chi connectivity index (χ2v) is 9.06. The molecule has 3 aliphatic rings. The van der Waals surface area contributed by atoms with Gasteiger partial charge in [0.15, 0.2) is 0 Å². The number of amides is 2. The molecule has 2 aliphatic heterocycles. The molecule has 3 fully saturated rings. The average Bonchev–Trinajstić information content (AvgIpc) is 3.15. The fraction of sp³-hybridized carbons (Fsp3) is 0.652. The summed E-state index contributed by atoms with van der Waals surface area (Å²) < 4.78 is 0. The Morgan fingerprint density at radius 2 is 2.00 bits per heavy atom. The molecule has 1 aliphatic carbocycles. The lowest BCUT2D eigenvalue weighted by molar-refractivity contribution is -0.128. The van der Waals surface area contributed by atoms with Gasteiger partial charge in [-0.15, -0.1) is 0 Å². The van der Waals surface area contributed by atoms with Crippen molar-refractivity contribution >= 4 is 17.5 Å². The van der Waals surface area contributed by atoms with E-state index in [0.717, 1.165) is 68.6 Å². The maximum absolute atomic E-state index is 13.2. The van der Waals surface area contributed by atoms with Crippen molar-refractivity contribution < 1.29 is 9.59 Å². The van der Waals surface area contributed by atoms with E-state index in [9.17, 15) is 9.59 Å². The molecule has 5 heteroatoms. The van der Waals surface area contributed by atoms with Gasteiger partial charge in [-0.2, -0.15) is 0 Å². The zero-order valence-electron chi connectivity index (χ0n) is 17.2. The van der Waals surface area contributed by atoms with Crippen molar-refractivity contribution in [3.05, 3.63) is 29.3 Å². The first kappa shape index (κ1) is 19.4. The van der Waals surface area contributed by atoms with Crippen LogP contribution in [0.5, 0.6) is 0 Å². The highest BCUT2D eigenvalue weighted by atomic mass is 16.2. The van der Waals surface area contributed by atoms with E-state index >= 15 is 0 Å². The Morgan fingerprint density at radius 3 is 2.79 bits per heavy atom. The van der Waals surface area contributed by atoms with Crippen molar-refractivity contribution in [3.63, 3.8) is 0 Å². The third-order valence-electron chi connectivity index (χ3n) is 7.28. The number of anilines is 1. The number of aryl methyl sites for hydroxylation is 1. The Morgan fingerprint density at radius 1 is 1.18 bits per heavy atom. The van der Waals surface area contributed by atoms with Gasteiger partial charge >= 0.3 is 0 Å². The molecule has 1 aromatic carbocycles. The number of hydrogen-bond donors (Lipinski definition) is 2. The zero-order valence-corrected chi connectivity index (χ0v) is 17.2. The molecule has 2 N–H and O–H groups in total. The van der Waals surface area contributed by atoms with Gasteiger partial charge in [0.05, 0.1) is 5.41 Å². The summed E-state index contributed by atoms with van der Waals surface area (Å²) in [5, 5.41) is 6.63. The summed E-state index contributed by atoms with van der Waals surface area (Å²) in [5.41, 5.74) is 2.25. The van der Waals surface area contributed by atoms with Gasteiger partial charge in [0.25, 0.3) is 5.91 Å². The number of fused-ring (bicyclic) bond motifs is 1. The van der Waals surface area contributed by atoms with Crippen molar-refractivity contribution in [1.82, 2.24) is 10.2 Å². The molecule has 152 valence electrons. The average molecular weight is 384 g/mol. The number of carbonyl (C=O) groups is 2. The van der Waals surface area contributed by atoms with Gasteiger partial charge in [-0.3, -0.25) is 9.59 Å². The Labute approximate surface area is 168 Å². The molecular weight excluding hydrogens is 350 g/mol. The molecule has 0 spiro atoms. The monoisotopic (exact) mass is 383 g/mol. The Hall–Kier alpha value is -1.88. The third kappa shape index (κ3) is 3.45. The molecule has 0 radical (unpaired) electrons. The van der Waals surface area contributed by atoms with Crippen LogP contribution in [0.1, 0.15) is 67.8 Å². The molecule has 4 rings (SSSR count). The molecular formula is C23H33N3O2. The molecule has 1 unspecified atom stereocenters. The summed E-state index contributed by atoms with van der Waals surface area (Å²) in [7, 11) is 0. The van der Waals surface area contributed by atoms with Crippen LogP contribution in [0.25, 0.3) is 0 Å². The highest BCUT2D eigenvalue weighted by Crippen LogP contribution is 2.44. The lowest BCUT2D eigenvalue weighted by Crippen LogP contribution is -2.44. The van der Waals surface area contributed by atoms with E-state index in [4.69, 9.17) is 0 Å². The Kier molecular flexibility index (Phi) is 5.46. The molecule has 3 atom stereocenters. The van der Waals surface area contributed by atoms with E-state index in [0.29, 0.717) is 12.0 Å². The molecule has 0 bridgehead atoms. The fourth-order valence-electron chi connectivity index (χ4n) is 5.44. The number of benzene rings is 1. The summed E-state index contributed by atoms with van der Waals surface area (Å²) in [6, 6.07) is 6.02. The van der Waals surface area contributed by atoms with Crippen LogP contribution < -0.4 is 10.6 Å². The van der Waals surface area contributed by atoms with Crippen molar-refractivity contribution in [2.24, 2.45) is 11.3 Å². The van der Waals surface area contributed by atoms with Crippen LogP contribution in [0.2, 0.25) is 0 Å². The van der Waals surface area contributed by atoms with E-state index in [1.165, 1.54) is 12.8 Å². The number of piperidine rings is 1. The first-order valence-corrected chi connectivity index (χ1v) is 10.9. The van der Waals surface area contributed by atoms with Gasteiger partial charge < -0.3 is 15.5 Å². The Balaban J connectivity index is 1.49. The predicted octanol–water partition coefficient (Wildman–Crippen LogP) is 3.73. The molecule has 1 saturated carbocycles. The highest BCUT2D eigenvalue weighted by Gasteiger charge is 2.49. The second kappa shape index (κ2) is 7.86. The minimum Gasteiger partial charge on any atom is -0.336 e. The van der Waals surface area contributed by atoms with Crippen LogP contribution in [-0.4, -0.2) is 42.4 Å². The van der Waals surface area contributed by atoms with Crippen molar-refractivity contribution in [2.75, 3.05) is 25.0 Å². The quantitative estimate of drug-likeness (QED) is 0.836. The maximum Gasteiger partial charge on any atom is 0.254 e. The summed E-state index contributed by atoms with van der Waals surface area (Å²) in [4.78, 5) is 28.1. The maximum atomic E-state index is 13.2. The molecule has 0 aromatic heterocycles. The van der Waals surface area contributed by atoms with Crippen LogP contribution in [0.3, 0.4) is 0 Å². The minimum atomic E-state index is -0.261. The van der Waals surface area contributed by atoms with Crippen LogP contribution >= 0.6 is 0 Å². The SMILES string of the molecule is Cc1cc(C(=O)N2CCCCC2C)ccc1NC(=O)[C@@]12CCCC[C@H]1CNC2. The number of rotatable bonds is 3. The number of nitrogens with zero attached hydrogens (tertiary/aromatic N) is 1. The molecule has 2 heterocycles. The van der Waals surface area contributed by atoms with Crippen LogP contribution in [-0.2, 0) is 4.79 Å². The topological polar surface area (TPSA) is 61.4 Å². The summed E-state index contributed by atoms with van der Waals surface area (Å²) in [5.74, 6) is 0.705. The second-order valence-electron chi connectivity index (χ2n) is 9.06. The van der Waals surface area contributed by atoms with E-state index in [1.807, 2.05) is 30.0 Å². The largest absolute Gasteiger partial charge is 0.336 e. The van der Waals surface area contributed by atoms with Crippen molar-refractivity contribution in [2.45, 2.75) is 64.8 Å². The number of carbonyl (C=O) groups excluding carboxylic acids is 2. The summed E-state index contributed by atoms with van der Waals surface area (Å²) in [6.45, 7) is 6.69.